The smallest absolute Gasteiger partial charge is 0.190 e. The maximum Gasteiger partial charge on any atom is 0.190 e. The highest BCUT2D eigenvalue weighted by atomic mass is 16.5. The van der Waals surface area contributed by atoms with Crippen LogP contribution in [0.1, 0.15) is 39.0 Å². The SMILES string of the molecule is CCCCCNC(=NC)NCC1(CCO)CCOC1. The summed E-state index contributed by atoms with van der Waals surface area (Å²) in [5, 5.41) is 15.9. The van der Waals surface area contributed by atoms with Crippen molar-refractivity contribution in [1.29, 1.82) is 0 Å². The molecule has 0 spiro atoms. The third-order valence-corrected chi connectivity index (χ3v) is 3.75. The van der Waals surface area contributed by atoms with E-state index in [-0.39, 0.29) is 12.0 Å². The average molecular weight is 271 g/mol. The summed E-state index contributed by atoms with van der Waals surface area (Å²) in [7, 11) is 1.79. The van der Waals surface area contributed by atoms with Gasteiger partial charge in [-0.2, -0.15) is 0 Å². The van der Waals surface area contributed by atoms with Crippen molar-refractivity contribution in [2.45, 2.75) is 39.0 Å². The van der Waals surface area contributed by atoms with Gasteiger partial charge in [-0.05, 0) is 19.3 Å². The number of nitrogens with one attached hydrogen (secondary N) is 2. The van der Waals surface area contributed by atoms with Crippen LogP contribution in [0, 0.1) is 5.41 Å². The van der Waals surface area contributed by atoms with Crippen LogP contribution >= 0.6 is 0 Å². The largest absolute Gasteiger partial charge is 0.396 e. The molecule has 0 bridgehead atoms. The first-order valence-electron chi connectivity index (χ1n) is 7.39. The highest BCUT2D eigenvalue weighted by Crippen LogP contribution is 2.31. The molecule has 0 amide bonds. The van der Waals surface area contributed by atoms with Crippen LogP contribution in [0.3, 0.4) is 0 Å². The van der Waals surface area contributed by atoms with Crippen LogP contribution in [0.15, 0.2) is 4.99 Å². The molecule has 5 nitrogen and oxygen atoms in total. The van der Waals surface area contributed by atoms with E-state index in [0.717, 1.165) is 45.1 Å². The summed E-state index contributed by atoms with van der Waals surface area (Å²) in [4.78, 5) is 4.23. The van der Waals surface area contributed by atoms with Crippen molar-refractivity contribution in [1.82, 2.24) is 10.6 Å². The van der Waals surface area contributed by atoms with Gasteiger partial charge in [-0.1, -0.05) is 19.8 Å². The standard InChI is InChI=1S/C14H29N3O2/c1-3-4-5-8-16-13(15-2)17-11-14(6-9-18)7-10-19-12-14/h18H,3-12H2,1-2H3,(H2,15,16,17). The highest BCUT2D eigenvalue weighted by Gasteiger charge is 2.34. The van der Waals surface area contributed by atoms with E-state index < -0.39 is 0 Å². The van der Waals surface area contributed by atoms with Crippen LogP contribution in [0.2, 0.25) is 0 Å². The Morgan fingerprint density at radius 3 is 2.79 bits per heavy atom. The second kappa shape index (κ2) is 9.15. The molecular formula is C14H29N3O2. The highest BCUT2D eigenvalue weighted by molar-refractivity contribution is 5.79. The predicted molar refractivity (Wildman–Crippen MR) is 78.5 cm³/mol. The van der Waals surface area contributed by atoms with Crippen molar-refractivity contribution in [3.05, 3.63) is 0 Å². The molecule has 0 aromatic heterocycles. The number of nitrogens with zero attached hydrogens (tertiary/aromatic N) is 1. The Balaban J connectivity index is 2.30. The topological polar surface area (TPSA) is 65.9 Å². The molecule has 1 heterocycles. The number of aliphatic hydroxyl groups is 1. The van der Waals surface area contributed by atoms with Crippen LogP contribution in [-0.4, -0.2) is 51.0 Å². The Hall–Kier alpha value is -0.810. The van der Waals surface area contributed by atoms with Gasteiger partial charge in [0, 0.05) is 38.8 Å². The summed E-state index contributed by atoms with van der Waals surface area (Å²) in [5.41, 5.74) is 0.0653. The maximum absolute atomic E-state index is 9.19. The molecular weight excluding hydrogens is 242 g/mol. The molecule has 1 aliphatic heterocycles. The lowest BCUT2D eigenvalue weighted by atomic mass is 9.84. The van der Waals surface area contributed by atoms with Gasteiger partial charge in [-0.15, -0.1) is 0 Å². The Morgan fingerprint density at radius 1 is 1.37 bits per heavy atom. The van der Waals surface area contributed by atoms with Gasteiger partial charge >= 0.3 is 0 Å². The molecule has 0 saturated carbocycles. The van der Waals surface area contributed by atoms with Crippen LogP contribution in [0.5, 0.6) is 0 Å². The molecule has 19 heavy (non-hydrogen) atoms. The van der Waals surface area contributed by atoms with Gasteiger partial charge in [-0.25, -0.2) is 0 Å². The van der Waals surface area contributed by atoms with Crippen molar-refractivity contribution >= 4 is 5.96 Å². The fraction of sp³-hybridized carbons (Fsp3) is 0.929. The van der Waals surface area contributed by atoms with E-state index in [1.165, 1.54) is 19.3 Å². The summed E-state index contributed by atoms with van der Waals surface area (Å²) < 4.78 is 5.48. The number of guanidine groups is 1. The number of hydrogen-bond acceptors (Lipinski definition) is 3. The Kier molecular flexibility index (Phi) is 7.82. The lowest BCUT2D eigenvalue weighted by Gasteiger charge is -2.27. The summed E-state index contributed by atoms with van der Waals surface area (Å²) in [6.07, 6.45) is 5.43. The lowest BCUT2D eigenvalue weighted by Crippen LogP contribution is -2.44. The summed E-state index contributed by atoms with van der Waals surface area (Å²) in [6, 6.07) is 0. The first-order chi connectivity index (χ1) is 9.26. The van der Waals surface area contributed by atoms with E-state index in [4.69, 9.17) is 4.74 Å². The molecule has 0 aliphatic carbocycles. The van der Waals surface area contributed by atoms with Gasteiger partial charge in [0.25, 0.3) is 0 Å². The first-order valence-corrected chi connectivity index (χ1v) is 7.39. The molecule has 3 N–H and O–H groups in total. The molecule has 1 saturated heterocycles. The minimum atomic E-state index is 0.0653. The Labute approximate surface area is 116 Å². The average Bonchev–Trinajstić information content (AvgIpc) is 2.87. The monoisotopic (exact) mass is 271 g/mol. The zero-order valence-electron chi connectivity index (χ0n) is 12.4. The van der Waals surface area contributed by atoms with E-state index in [2.05, 4.69) is 22.5 Å². The second-order valence-corrected chi connectivity index (χ2v) is 5.34. The van der Waals surface area contributed by atoms with Crippen molar-refractivity contribution in [2.75, 3.05) is 40.0 Å². The lowest BCUT2D eigenvalue weighted by molar-refractivity contribution is 0.127. The van der Waals surface area contributed by atoms with Crippen molar-refractivity contribution in [3.63, 3.8) is 0 Å². The molecule has 1 fully saturated rings. The normalized spacial score (nSPS) is 23.6. The van der Waals surface area contributed by atoms with Crippen molar-refractivity contribution in [2.24, 2.45) is 10.4 Å². The van der Waals surface area contributed by atoms with E-state index in [1.54, 1.807) is 7.05 Å². The molecule has 0 aromatic carbocycles. The number of unbranched alkanes of at least 4 members (excludes halogenated alkanes) is 2. The third kappa shape index (κ3) is 5.78. The van der Waals surface area contributed by atoms with Crippen molar-refractivity contribution < 1.29 is 9.84 Å². The Morgan fingerprint density at radius 2 is 2.21 bits per heavy atom. The number of rotatable bonds is 8. The van der Waals surface area contributed by atoms with Gasteiger partial charge in [0.15, 0.2) is 5.96 Å². The van der Waals surface area contributed by atoms with Crippen LogP contribution in [-0.2, 0) is 4.74 Å². The predicted octanol–water partition coefficient (Wildman–Crippen LogP) is 1.13. The quantitative estimate of drug-likeness (QED) is 0.352. The number of aliphatic imine (C=N–C) groups is 1. The van der Waals surface area contributed by atoms with Crippen LogP contribution in [0.25, 0.3) is 0 Å². The van der Waals surface area contributed by atoms with Crippen LogP contribution in [0.4, 0.5) is 0 Å². The fourth-order valence-electron chi connectivity index (χ4n) is 2.39. The van der Waals surface area contributed by atoms with Gasteiger partial charge < -0.3 is 20.5 Å². The summed E-state index contributed by atoms with van der Waals surface area (Å²) >= 11 is 0. The first kappa shape index (κ1) is 16.2. The van der Waals surface area contributed by atoms with E-state index in [0.29, 0.717) is 0 Å². The zero-order valence-corrected chi connectivity index (χ0v) is 12.4. The summed E-state index contributed by atoms with van der Waals surface area (Å²) in [5.74, 6) is 0.848. The van der Waals surface area contributed by atoms with E-state index in [1.807, 2.05) is 0 Å². The third-order valence-electron chi connectivity index (χ3n) is 3.75. The molecule has 5 heteroatoms. The van der Waals surface area contributed by atoms with Crippen LogP contribution < -0.4 is 10.6 Å². The van der Waals surface area contributed by atoms with Gasteiger partial charge in [0.2, 0.25) is 0 Å². The van der Waals surface area contributed by atoms with E-state index in [9.17, 15) is 5.11 Å². The van der Waals surface area contributed by atoms with Gasteiger partial charge in [0.1, 0.15) is 0 Å². The molecule has 0 aromatic rings. The van der Waals surface area contributed by atoms with E-state index >= 15 is 0 Å². The van der Waals surface area contributed by atoms with Gasteiger partial charge in [-0.3, -0.25) is 4.99 Å². The molecule has 1 atom stereocenters. The van der Waals surface area contributed by atoms with Crippen molar-refractivity contribution in [3.8, 4) is 0 Å². The zero-order chi connectivity index (χ0) is 14.0. The number of ether oxygens (including phenoxy) is 1. The molecule has 112 valence electrons. The Bertz CT molecular complexity index is 263. The fourth-order valence-corrected chi connectivity index (χ4v) is 2.39. The molecule has 1 aliphatic rings. The maximum atomic E-state index is 9.19. The molecule has 0 radical (unpaired) electrons. The number of aliphatic hydroxyl groups excluding tert-OH is 1. The summed E-state index contributed by atoms with van der Waals surface area (Å²) in [6.45, 7) is 5.70. The second-order valence-electron chi connectivity index (χ2n) is 5.34. The molecule has 1 rings (SSSR count). The minimum absolute atomic E-state index is 0.0653. The minimum Gasteiger partial charge on any atom is -0.396 e. The van der Waals surface area contributed by atoms with Gasteiger partial charge in [0.05, 0.1) is 6.61 Å². The number of hydrogen-bond donors (Lipinski definition) is 3. The molecule has 1 unspecified atom stereocenters.